The molecule has 0 spiro atoms. The van der Waals surface area contributed by atoms with E-state index in [0.717, 1.165) is 11.7 Å². The van der Waals surface area contributed by atoms with Gasteiger partial charge in [0.2, 0.25) is 0 Å². The molecule has 0 rings (SSSR count). The summed E-state index contributed by atoms with van der Waals surface area (Å²) < 4.78 is 0.440. The summed E-state index contributed by atoms with van der Waals surface area (Å²) in [5, 5.41) is 1.06. The van der Waals surface area contributed by atoms with Gasteiger partial charge in [0.15, 0.2) is 0 Å². The predicted octanol–water partition coefficient (Wildman–Crippen LogP) is 1.07. The van der Waals surface area contributed by atoms with Crippen molar-refractivity contribution in [3.8, 4) is 0 Å². The standard InChI is InChI=1S/C5H10OSe/c1-3-5(6)7-4-2/h3-4H2,1-2H3. The second-order valence-corrected chi connectivity index (χ2v) is 3.93. The quantitative estimate of drug-likeness (QED) is 0.571. The van der Waals surface area contributed by atoms with Gasteiger partial charge in [-0.25, -0.2) is 0 Å². The van der Waals surface area contributed by atoms with Crippen LogP contribution in [0.5, 0.6) is 0 Å². The maximum atomic E-state index is 10.4. The topological polar surface area (TPSA) is 17.1 Å². The van der Waals surface area contributed by atoms with E-state index in [4.69, 9.17) is 0 Å². The predicted molar refractivity (Wildman–Crippen MR) is 31.5 cm³/mol. The van der Waals surface area contributed by atoms with Crippen LogP contribution in [0.2, 0.25) is 5.32 Å². The summed E-state index contributed by atoms with van der Waals surface area (Å²) >= 11 is 0.286. The molecule has 0 aromatic carbocycles. The molecule has 0 aromatic rings. The van der Waals surface area contributed by atoms with Gasteiger partial charge in [-0.1, -0.05) is 0 Å². The van der Waals surface area contributed by atoms with Crippen LogP contribution < -0.4 is 0 Å². The molecule has 2 heteroatoms. The molecule has 0 heterocycles. The van der Waals surface area contributed by atoms with E-state index in [1.165, 1.54) is 0 Å². The van der Waals surface area contributed by atoms with Crippen molar-refractivity contribution in [3.63, 3.8) is 0 Å². The van der Waals surface area contributed by atoms with Crippen LogP contribution in [0.15, 0.2) is 0 Å². The van der Waals surface area contributed by atoms with Gasteiger partial charge in [-0.05, 0) is 0 Å². The van der Waals surface area contributed by atoms with E-state index in [1.54, 1.807) is 0 Å². The molecule has 0 atom stereocenters. The Morgan fingerprint density at radius 1 is 1.57 bits per heavy atom. The van der Waals surface area contributed by atoms with E-state index in [2.05, 4.69) is 0 Å². The minimum absolute atomic E-state index is 0.286. The Bertz CT molecular complexity index is 61.1. The SMILES string of the molecule is CC[Se]C(=O)CC. The summed E-state index contributed by atoms with van der Waals surface area (Å²) in [4.78, 5) is 10.4. The van der Waals surface area contributed by atoms with Crippen molar-refractivity contribution in [2.75, 3.05) is 0 Å². The van der Waals surface area contributed by atoms with Gasteiger partial charge in [0, 0.05) is 0 Å². The van der Waals surface area contributed by atoms with Crippen LogP contribution in [0, 0.1) is 0 Å². The van der Waals surface area contributed by atoms with Gasteiger partial charge in [0.1, 0.15) is 0 Å². The molecule has 0 aromatic heterocycles. The second-order valence-electron chi connectivity index (χ2n) is 1.16. The van der Waals surface area contributed by atoms with Crippen molar-refractivity contribution < 1.29 is 4.79 Å². The van der Waals surface area contributed by atoms with Crippen molar-refractivity contribution >= 4 is 19.6 Å². The fourth-order valence-corrected chi connectivity index (χ4v) is 1.37. The third kappa shape index (κ3) is 4.03. The van der Waals surface area contributed by atoms with Gasteiger partial charge >= 0.3 is 50.0 Å². The van der Waals surface area contributed by atoms with E-state index in [0.29, 0.717) is 4.68 Å². The van der Waals surface area contributed by atoms with Gasteiger partial charge < -0.3 is 0 Å². The molecule has 7 heavy (non-hydrogen) atoms. The molecule has 0 saturated heterocycles. The molecule has 0 fully saturated rings. The van der Waals surface area contributed by atoms with Crippen molar-refractivity contribution in [2.24, 2.45) is 0 Å². The Morgan fingerprint density at radius 2 is 2.14 bits per heavy atom. The van der Waals surface area contributed by atoms with Gasteiger partial charge in [-0.15, -0.1) is 0 Å². The Morgan fingerprint density at radius 3 is 2.29 bits per heavy atom. The molecular formula is C5H10OSe. The molecule has 0 aliphatic carbocycles. The van der Waals surface area contributed by atoms with Crippen LogP contribution in [-0.2, 0) is 4.79 Å². The Balaban J connectivity index is 3.00. The second kappa shape index (κ2) is 4.35. The van der Waals surface area contributed by atoms with Crippen molar-refractivity contribution in [3.05, 3.63) is 0 Å². The van der Waals surface area contributed by atoms with Crippen molar-refractivity contribution in [2.45, 2.75) is 25.6 Å². The van der Waals surface area contributed by atoms with Gasteiger partial charge in [0.25, 0.3) is 0 Å². The first-order chi connectivity index (χ1) is 3.31. The molecule has 0 N–H and O–H groups in total. The third-order valence-electron chi connectivity index (χ3n) is 0.594. The zero-order valence-electron chi connectivity index (χ0n) is 4.73. The van der Waals surface area contributed by atoms with Crippen LogP contribution in [-0.4, -0.2) is 19.6 Å². The number of carbonyl (C=O) groups excluding carboxylic acids is 1. The first-order valence-electron chi connectivity index (χ1n) is 2.46. The third-order valence-corrected chi connectivity index (χ3v) is 2.48. The number of hydrogen-bond donors (Lipinski definition) is 0. The summed E-state index contributed by atoms with van der Waals surface area (Å²) in [6.07, 6.45) is 0.730. The summed E-state index contributed by atoms with van der Waals surface area (Å²) in [6, 6.07) is 0. The first-order valence-corrected chi connectivity index (χ1v) is 4.53. The van der Waals surface area contributed by atoms with Crippen LogP contribution in [0.25, 0.3) is 0 Å². The van der Waals surface area contributed by atoms with E-state index >= 15 is 0 Å². The average Bonchev–Trinajstić information content (AvgIpc) is 1.68. The molecule has 0 aliphatic heterocycles. The average molecular weight is 165 g/mol. The summed E-state index contributed by atoms with van der Waals surface area (Å²) in [5.41, 5.74) is 0. The zero-order valence-corrected chi connectivity index (χ0v) is 6.44. The molecule has 0 bridgehead atoms. The first kappa shape index (κ1) is 7.19. The van der Waals surface area contributed by atoms with Gasteiger partial charge in [0.05, 0.1) is 0 Å². The van der Waals surface area contributed by atoms with Crippen LogP contribution >= 0.6 is 0 Å². The zero-order chi connectivity index (χ0) is 5.70. The fraction of sp³-hybridized carbons (Fsp3) is 0.800. The van der Waals surface area contributed by atoms with E-state index in [1.807, 2.05) is 13.8 Å². The summed E-state index contributed by atoms with van der Waals surface area (Å²) in [5.74, 6) is 0. The Labute approximate surface area is 50.6 Å². The number of rotatable bonds is 3. The summed E-state index contributed by atoms with van der Waals surface area (Å²) in [6.45, 7) is 3.97. The molecule has 0 aliphatic rings. The Kier molecular flexibility index (Phi) is 4.47. The van der Waals surface area contributed by atoms with Crippen molar-refractivity contribution in [1.29, 1.82) is 0 Å². The molecular weight excluding hydrogens is 155 g/mol. The Hall–Kier alpha value is 0.189. The van der Waals surface area contributed by atoms with E-state index in [9.17, 15) is 4.79 Å². The van der Waals surface area contributed by atoms with E-state index in [-0.39, 0.29) is 15.0 Å². The maximum absolute atomic E-state index is 10.4. The molecule has 1 nitrogen and oxygen atoms in total. The molecule has 0 saturated carbocycles. The minimum atomic E-state index is 0.286. The number of carbonyl (C=O) groups is 1. The molecule has 42 valence electrons. The van der Waals surface area contributed by atoms with Gasteiger partial charge in [-0.2, -0.15) is 0 Å². The number of hydrogen-bond acceptors (Lipinski definition) is 1. The van der Waals surface area contributed by atoms with Crippen LogP contribution in [0.1, 0.15) is 20.3 Å². The molecule has 0 radical (unpaired) electrons. The fourth-order valence-electron chi connectivity index (χ4n) is 0.263. The van der Waals surface area contributed by atoms with Gasteiger partial charge in [-0.3, -0.25) is 0 Å². The van der Waals surface area contributed by atoms with E-state index < -0.39 is 0 Å². The van der Waals surface area contributed by atoms with Crippen LogP contribution in [0.4, 0.5) is 0 Å². The summed E-state index contributed by atoms with van der Waals surface area (Å²) in [7, 11) is 0. The van der Waals surface area contributed by atoms with Crippen molar-refractivity contribution in [1.82, 2.24) is 0 Å². The van der Waals surface area contributed by atoms with Crippen LogP contribution in [0.3, 0.4) is 0 Å². The normalized spacial score (nSPS) is 8.86. The molecule has 0 amide bonds. The monoisotopic (exact) mass is 166 g/mol. The molecule has 0 unspecified atom stereocenters.